The number of methoxy groups -OCH3 is 1. The second kappa shape index (κ2) is 2.91. The van der Waals surface area contributed by atoms with Crippen molar-refractivity contribution in [2.75, 3.05) is 13.0 Å². The van der Waals surface area contributed by atoms with E-state index in [1.54, 1.807) is 0 Å². The van der Waals surface area contributed by atoms with Crippen LogP contribution in [0.1, 0.15) is 10.5 Å². The van der Waals surface area contributed by atoms with Gasteiger partial charge in [0.25, 0.3) is 0 Å². The molecule has 1 rings (SSSR count). The Balaban J connectivity index is 3.10. The van der Waals surface area contributed by atoms with E-state index in [-0.39, 0.29) is 5.69 Å². The predicted octanol–water partition coefficient (Wildman–Crippen LogP) is 0.146. The maximum absolute atomic E-state index is 10.9. The van der Waals surface area contributed by atoms with Gasteiger partial charge in [-0.25, -0.2) is 4.79 Å². The van der Waals surface area contributed by atoms with Gasteiger partial charge in [0.2, 0.25) is 0 Å². The molecule has 0 saturated heterocycles. The minimum Gasteiger partial charge on any atom is -0.464 e. The van der Waals surface area contributed by atoms with E-state index in [0.29, 0.717) is 4.47 Å². The van der Waals surface area contributed by atoms with Gasteiger partial charge in [0, 0.05) is 0 Å². The minimum absolute atomic E-state index is 0.201. The fourth-order valence-corrected chi connectivity index (χ4v) is 1.06. The average molecular weight is 220 g/mol. The molecule has 11 heavy (non-hydrogen) atoms. The van der Waals surface area contributed by atoms with Crippen LogP contribution in [-0.4, -0.2) is 23.0 Å². The molecule has 0 unspecified atom stereocenters. The average Bonchev–Trinajstić information content (AvgIpc) is 2.30. The van der Waals surface area contributed by atoms with Gasteiger partial charge >= 0.3 is 5.97 Å². The van der Waals surface area contributed by atoms with Gasteiger partial charge in [-0.1, -0.05) is 0 Å². The minimum atomic E-state index is -0.517. The molecule has 1 aromatic heterocycles. The molecule has 0 fully saturated rings. The Kier molecular flexibility index (Phi) is 2.13. The summed E-state index contributed by atoms with van der Waals surface area (Å²) in [5, 5.41) is 3.63. The van der Waals surface area contributed by atoms with Gasteiger partial charge in [-0.3, -0.25) is 0 Å². The molecule has 1 aromatic rings. The van der Waals surface area contributed by atoms with Gasteiger partial charge in [0.1, 0.15) is 0 Å². The van der Waals surface area contributed by atoms with Crippen molar-refractivity contribution in [1.29, 1.82) is 0 Å². The lowest BCUT2D eigenvalue weighted by Crippen LogP contribution is -2.18. The number of hydrogen-bond donors (Lipinski definition) is 1. The number of aromatic nitrogens is 2. The van der Waals surface area contributed by atoms with Crippen LogP contribution in [0.25, 0.3) is 0 Å². The first-order valence-corrected chi connectivity index (χ1v) is 3.53. The van der Waals surface area contributed by atoms with E-state index in [1.807, 2.05) is 0 Å². The molecule has 5 nitrogen and oxygen atoms in total. The molecule has 6 heteroatoms. The van der Waals surface area contributed by atoms with Crippen molar-refractivity contribution in [3.8, 4) is 0 Å². The highest BCUT2D eigenvalue weighted by Gasteiger charge is 2.15. The van der Waals surface area contributed by atoms with Crippen LogP contribution in [0.4, 0.5) is 0 Å². The summed E-state index contributed by atoms with van der Waals surface area (Å²) in [7, 11) is 1.28. The lowest BCUT2D eigenvalue weighted by molar-refractivity contribution is 0.0588. The Morgan fingerprint density at radius 3 is 2.91 bits per heavy atom. The van der Waals surface area contributed by atoms with E-state index in [4.69, 9.17) is 5.84 Å². The first kappa shape index (κ1) is 8.06. The lowest BCUT2D eigenvalue weighted by atomic mass is 10.4. The summed E-state index contributed by atoms with van der Waals surface area (Å²) in [5.41, 5.74) is 0.201. The predicted molar refractivity (Wildman–Crippen MR) is 41.4 cm³/mol. The number of nitrogens with two attached hydrogens (primary N) is 1. The van der Waals surface area contributed by atoms with Crippen molar-refractivity contribution < 1.29 is 9.53 Å². The molecule has 0 spiro atoms. The molecule has 0 aliphatic heterocycles. The topological polar surface area (TPSA) is 70.1 Å². The smallest absolute Gasteiger partial charge is 0.359 e. The van der Waals surface area contributed by atoms with Crippen molar-refractivity contribution in [2.45, 2.75) is 0 Å². The van der Waals surface area contributed by atoms with Gasteiger partial charge in [-0.05, 0) is 15.9 Å². The summed E-state index contributed by atoms with van der Waals surface area (Å²) in [4.78, 5) is 11.9. The first-order valence-electron chi connectivity index (χ1n) is 2.73. The molecule has 0 aromatic carbocycles. The molecule has 0 aliphatic rings. The van der Waals surface area contributed by atoms with Gasteiger partial charge in [-0.15, -0.1) is 0 Å². The number of nitrogen functional groups attached to an aromatic ring is 1. The number of nitrogens with zero attached hydrogens (tertiary/aromatic N) is 2. The number of carbonyl (C=O) groups is 1. The van der Waals surface area contributed by atoms with E-state index in [2.05, 4.69) is 25.8 Å². The van der Waals surface area contributed by atoms with Gasteiger partial charge in [0.15, 0.2) is 5.69 Å². The standard InChI is InChI=1S/C5H6BrN3O2/c1-11-5(10)4-3(6)2-8-9(4)7/h2H,7H2,1H3. The molecule has 0 bridgehead atoms. The molecular weight excluding hydrogens is 214 g/mol. The largest absolute Gasteiger partial charge is 0.464 e. The van der Waals surface area contributed by atoms with Crippen LogP contribution >= 0.6 is 15.9 Å². The normalized spacial score (nSPS) is 9.64. The maximum Gasteiger partial charge on any atom is 0.359 e. The van der Waals surface area contributed by atoms with E-state index >= 15 is 0 Å². The van der Waals surface area contributed by atoms with Crippen molar-refractivity contribution in [3.05, 3.63) is 16.4 Å². The van der Waals surface area contributed by atoms with Crippen LogP contribution in [0.15, 0.2) is 10.7 Å². The zero-order chi connectivity index (χ0) is 8.43. The van der Waals surface area contributed by atoms with E-state index < -0.39 is 5.97 Å². The van der Waals surface area contributed by atoms with Crippen molar-refractivity contribution in [1.82, 2.24) is 9.89 Å². The third-order valence-corrected chi connectivity index (χ3v) is 1.71. The monoisotopic (exact) mass is 219 g/mol. The fraction of sp³-hybridized carbons (Fsp3) is 0.200. The van der Waals surface area contributed by atoms with Crippen LogP contribution in [0.2, 0.25) is 0 Å². The zero-order valence-electron chi connectivity index (χ0n) is 5.74. The Hall–Kier alpha value is -1.04. The Morgan fingerprint density at radius 1 is 1.91 bits per heavy atom. The van der Waals surface area contributed by atoms with Gasteiger partial charge in [-0.2, -0.15) is 9.89 Å². The van der Waals surface area contributed by atoms with Crippen molar-refractivity contribution >= 4 is 21.9 Å². The number of esters is 1. The molecule has 0 aliphatic carbocycles. The molecule has 0 saturated carbocycles. The molecule has 0 atom stereocenters. The Morgan fingerprint density at radius 2 is 2.55 bits per heavy atom. The molecular formula is C5H6BrN3O2. The Bertz CT molecular complexity index is 264. The summed E-state index contributed by atoms with van der Waals surface area (Å²) in [6.45, 7) is 0. The number of rotatable bonds is 1. The summed E-state index contributed by atoms with van der Waals surface area (Å²) >= 11 is 3.09. The summed E-state index contributed by atoms with van der Waals surface area (Å²) in [6, 6.07) is 0. The van der Waals surface area contributed by atoms with Crippen molar-refractivity contribution in [2.24, 2.45) is 0 Å². The number of halogens is 1. The highest BCUT2D eigenvalue weighted by atomic mass is 79.9. The third-order valence-electron chi connectivity index (χ3n) is 1.13. The highest BCUT2D eigenvalue weighted by Crippen LogP contribution is 2.14. The van der Waals surface area contributed by atoms with Crippen LogP contribution in [0.3, 0.4) is 0 Å². The van der Waals surface area contributed by atoms with Crippen LogP contribution in [0.5, 0.6) is 0 Å². The molecule has 2 N–H and O–H groups in total. The number of hydrogen-bond acceptors (Lipinski definition) is 4. The van der Waals surface area contributed by atoms with Crippen molar-refractivity contribution in [3.63, 3.8) is 0 Å². The van der Waals surface area contributed by atoms with Crippen LogP contribution in [-0.2, 0) is 4.74 Å². The van der Waals surface area contributed by atoms with E-state index in [1.165, 1.54) is 13.3 Å². The molecule has 0 radical (unpaired) electrons. The van der Waals surface area contributed by atoms with E-state index in [0.717, 1.165) is 4.79 Å². The SMILES string of the molecule is COC(=O)c1c(Br)cnn1N. The summed E-state index contributed by atoms with van der Waals surface area (Å²) in [5.74, 6) is 4.78. The lowest BCUT2D eigenvalue weighted by Gasteiger charge is -1.98. The van der Waals surface area contributed by atoms with E-state index in [9.17, 15) is 4.79 Å². The maximum atomic E-state index is 10.9. The zero-order valence-corrected chi connectivity index (χ0v) is 7.33. The third kappa shape index (κ3) is 1.35. The Labute approximate surface area is 71.2 Å². The first-order chi connectivity index (χ1) is 5.16. The molecule has 0 amide bonds. The summed E-state index contributed by atoms with van der Waals surface area (Å²) < 4.78 is 4.97. The van der Waals surface area contributed by atoms with Crippen LogP contribution in [0, 0.1) is 0 Å². The highest BCUT2D eigenvalue weighted by molar-refractivity contribution is 9.10. The second-order valence-corrected chi connectivity index (χ2v) is 2.63. The molecule has 1 heterocycles. The molecule has 60 valence electrons. The number of ether oxygens (including phenoxy) is 1. The van der Waals surface area contributed by atoms with Gasteiger partial charge in [0.05, 0.1) is 17.8 Å². The van der Waals surface area contributed by atoms with Crippen LogP contribution < -0.4 is 5.84 Å². The quantitative estimate of drug-likeness (QED) is 0.540. The number of carbonyl (C=O) groups excluding carboxylic acids is 1. The fourth-order valence-electron chi connectivity index (χ4n) is 0.629. The summed E-state index contributed by atoms with van der Waals surface area (Å²) in [6.07, 6.45) is 1.42. The second-order valence-electron chi connectivity index (χ2n) is 1.78. The van der Waals surface area contributed by atoms with Gasteiger partial charge < -0.3 is 10.6 Å².